The number of carbonyl (C=O) groups excluding carboxylic acids is 1. The lowest BCUT2D eigenvalue weighted by molar-refractivity contribution is -0.141. The molecule has 0 spiro atoms. The van der Waals surface area contributed by atoms with Gasteiger partial charge in [0, 0.05) is 6.92 Å². The van der Waals surface area contributed by atoms with E-state index in [4.69, 9.17) is 9.84 Å². The molecule has 1 aliphatic rings. The number of aliphatic hydroxyl groups is 1. The number of aliphatic hydroxyl groups excluding tert-OH is 1. The van der Waals surface area contributed by atoms with Crippen LogP contribution in [0.25, 0.3) is 0 Å². The minimum absolute atomic E-state index is 0.0176. The Labute approximate surface area is 86.8 Å². The Morgan fingerprint density at radius 2 is 2.50 bits per heavy atom. The van der Waals surface area contributed by atoms with Crippen LogP contribution in [-0.2, 0) is 14.3 Å². The zero-order chi connectivity index (χ0) is 10.7. The Hall–Kier alpha value is -0.330. The number of carbonyl (C=O) groups is 1. The number of rotatable bonds is 3. The van der Waals surface area contributed by atoms with E-state index in [9.17, 15) is 9.18 Å². The maximum atomic E-state index is 13.2. The van der Waals surface area contributed by atoms with Crippen molar-refractivity contribution in [3.63, 3.8) is 0 Å². The molecule has 0 aromatic carbocycles. The van der Waals surface area contributed by atoms with E-state index in [0.29, 0.717) is 0 Å². The van der Waals surface area contributed by atoms with Gasteiger partial charge in [0.05, 0.1) is 11.9 Å². The van der Waals surface area contributed by atoms with Gasteiger partial charge in [-0.1, -0.05) is 0 Å². The third-order valence-electron chi connectivity index (χ3n) is 1.98. The largest absolute Gasteiger partial charge is 0.465 e. The molecular formula is C8H13FO4S. The molecule has 4 nitrogen and oxygen atoms in total. The Morgan fingerprint density at radius 3 is 2.93 bits per heavy atom. The van der Waals surface area contributed by atoms with Crippen molar-refractivity contribution in [2.24, 2.45) is 0 Å². The summed E-state index contributed by atoms with van der Waals surface area (Å²) in [6.07, 6.45) is -3.38. The first kappa shape index (κ1) is 11.7. The van der Waals surface area contributed by atoms with Crippen molar-refractivity contribution in [2.75, 3.05) is 13.2 Å². The van der Waals surface area contributed by atoms with Crippen molar-refractivity contribution >= 4 is 18.6 Å². The first-order chi connectivity index (χ1) is 6.52. The van der Waals surface area contributed by atoms with E-state index >= 15 is 0 Å². The summed E-state index contributed by atoms with van der Waals surface area (Å²) >= 11 is 4.05. The van der Waals surface area contributed by atoms with Crippen LogP contribution in [0.5, 0.6) is 0 Å². The first-order valence-corrected chi connectivity index (χ1v) is 4.79. The topological polar surface area (TPSA) is 55.8 Å². The summed E-state index contributed by atoms with van der Waals surface area (Å²) in [5, 5.41) is 8.50. The van der Waals surface area contributed by atoms with Gasteiger partial charge in [-0.3, -0.25) is 4.79 Å². The van der Waals surface area contributed by atoms with Gasteiger partial charge in [-0.15, -0.1) is 0 Å². The standard InChI is InChI=1S/C8H13FO4S/c1-4(10)12-3-6(14)8-7(9)5(11)2-13-8/h5-8,11,14H,2-3H2,1H3. The molecule has 4 atom stereocenters. The maximum absolute atomic E-state index is 13.2. The summed E-state index contributed by atoms with van der Waals surface area (Å²) in [6.45, 7) is 1.21. The van der Waals surface area contributed by atoms with Gasteiger partial charge in [-0.25, -0.2) is 4.39 Å². The van der Waals surface area contributed by atoms with Crippen molar-refractivity contribution in [3.05, 3.63) is 0 Å². The van der Waals surface area contributed by atoms with Gasteiger partial charge in [0.25, 0.3) is 0 Å². The van der Waals surface area contributed by atoms with Crippen molar-refractivity contribution in [2.45, 2.75) is 30.6 Å². The number of alkyl halides is 1. The lowest BCUT2D eigenvalue weighted by atomic mass is 10.1. The van der Waals surface area contributed by atoms with Crippen LogP contribution in [0.15, 0.2) is 0 Å². The van der Waals surface area contributed by atoms with Gasteiger partial charge < -0.3 is 14.6 Å². The summed E-state index contributed by atoms with van der Waals surface area (Å²) < 4.78 is 22.8. The van der Waals surface area contributed by atoms with Gasteiger partial charge in [-0.05, 0) is 0 Å². The van der Waals surface area contributed by atoms with Crippen molar-refractivity contribution in [1.82, 2.24) is 0 Å². The van der Waals surface area contributed by atoms with E-state index in [-0.39, 0.29) is 13.2 Å². The summed E-state index contributed by atoms with van der Waals surface area (Å²) in [5.74, 6) is -0.446. The first-order valence-electron chi connectivity index (χ1n) is 4.27. The van der Waals surface area contributed by atoms with Crippen LogP contribution in [0.1, 0.15) is 6.92 Å². The molecule has 1 fully saturated rings. The fourth-order valence-electron chi connectivity index (χ4n) is 1.23. The molecule has 1 saturated heterocycles. The van der Waals surface area contributed by atoms with Gasteiger partial charge >= 0.3 is 5.97 Å². The Bertz CT molecular complexity index is 214. The number of hydrogen-bond donors (Lipinski definition) is 2. The van der Waals surface area contributed by atoms with Crippen LogP contribution in [0.3, 0.4) is 0 Å². The summed E-state index contributed by atoms with van der Waals surface area (Å²) in [5.41, 5.74) is 0. The Kier molecular flexibility index (Phi) is 4.15. The highest BCUT2D eigenvalue weighted by Gasteiger charge is 2.40. The second-order valence-electron chi connectivity index (χ2n) is 3.18. The van der Waals surface area contributed by atoms with Crippen LogP contribution in [0.4, 0.5) is 4.39 Å². The highest BCUT2D eigenvalue weighted by molar-refractivity contribution is 7.81. The van der Waals surface area contributed by atoms with E-state index < -0.39 is 29.6 Å². The lowest BCUT2D eigenvalue weighted by Gasteiger charge is -2.19. The zero-order valence-corrected chi connectivity index (χ0v) is 8.62. The predicted octanol–water partition coefficient (Wildman–Crippen LogP) is -0.0543. The molecule has 1 N–H and O–H groups in total. The third-order valence-corrected chi connectivity index (χ3v) is 2.42. The van der Waals surface area contributed by atoms with Crippen molar-refractivity contribution < 1.29 is 23.8 Å². The monoisotopic (exact) mass is 224 g/mol. The maximum Gasteiger partial charge on any atom is 0.302 e. The SMILES string of the molecule is CC(=O)OCC(S)C1OCC(O)C1F. The van der Waals surface area contributed by atoms with Crippen LogP contribution >= 0.6 is 12.6 Å². The molecule has 0 amide bonds. The average Bonchev–Trinajstić information content (AvgIpc) is 2.44. The van der Waals surface area contributed by atoms with Gasteiger partial charge in [-0.2, -0.15) is 12.6 Å². The van der Waals surface area contributed by atoms with E-state index in [1.54, 1.807) is 0 Å². The molecule has 0 aromatic rings. The van der Waals surface area contributed by atoms with Gasteiger partial charge in [0.1, 0.15) is 18.8 Å². The van der Waals surface area contributed by atoms with Crippen molar-refractivity contribution in [3.8, 4) is 0 Å². The van der Waals surface area contributed by atoms with Crippen LogP contribution < -0.4 is 0 Å². The molecule has 82 valence electrons. The number of halogens is 1. The molecule has 0 radical (unpaired) electrons. The number of ether oxygens (including phenoxy) is 2. The Morgan fingerprint density at radius 1 is 1.86 bits per heavy atom. The van der Waals surface area contributed by atoms with Crippen molar-refractivity contribution in [1.29, 1.82) is 0 Å². The molecule has 14 heavy (non-hydrogen) atoms. The van der Waals surface area contributed by atoms with Crippen LogP contribution in [-0.4, -0.2) is 47.9 Å². The molecule has 0 saturated carbocycles. The Balaban J connectivity index is 2.37. The second-order valence-corrected chi connectivity index (χ2v) is 3.84. The van der Waals surface area contributed by atoms with Crippen LogP contribution in [0, 0.1) is 0 Å². The molecular weight excluding hydrogens is 211 g/mol. The highest BCUT2D eigenvalue weighted by atomic mass is 32.1. The molecule has 0 aliphatic carbocycles. The number of hydrogen-bond acceptors (Lipinski definition) is 5. The minimum Gasteiger partial charge on any atom is -0.465 e. The van der Waals surface area contributed by atoms with E-state index in [0.717, 1.165) is 0 Å². The fourth-order valence-corrected chi connectivity index (χ4v) is 1.56. The molecule has 1 aliphatic heterocycles. The zero-order valence-electron chi connectivity index (χ0n) is 7.72. The molecule has 1 heterocycles. The highest BCUT2D eigenvalue weighted by Crippen LogP contribution is 2.23. The predicted molar refractivity (Wildman–Crippen MR) is 50.0 cm³/mol. The lowest BCUT2D eigenvalue weighted by Crippen LogP contribution is -2.35. The fraction of sp³-hybridized carbons (Fsp3) is 0.875. The quantitative estimate of drug-likeness (QED) is 0.521. The molecule has 0 aromatic heterocycles. The summed E-state index contributed by atoms with van der Waals surface area (Å²) in [6, 6.07) is 0. The number of esters is 1. The number of thiol groups is 1. The van der Waals surface area contributed by atoms with E-state index in [2.05, 4.69) is 17.4 Å². The molecule has 4 unspecified atom stereocenters. The normalized spacial score (nSPS) is 34.1. The molecule has 1 rings (SSSR count). The minimum atomic E-state index is -1.46. The average molecular weight is 224 g/mol. The second kappa shape index (κ2) is 4.95. The summed E-state index contributed by atoms with van der Waals surface area (Å²) in [4.78, 5) is 10.5. The van der Waals surface area contributed by atoms with Gasteiger partial charge in [0.15, 0.2) is 6.17 Å². The van der Waals surface area contributed by atoms with Gasteiger partial charge in [0.2, 0.25) is 0 Å². The smallest absolute Gasteiger partial charge is 0.302 e. The molecule has 0 bridgehead atoms. The summed E-state index contributed by atoms with van der Waals surface area (Å²) in [7, 11) is 0. The van der Waals surface area contributed by atoms with E-state index in [1.807, 2.05) is 0 Å². The van der Waals surface area contributed by atoms with E-state index in [1.165, 1.54) is 6.92 Å². The molecule has 6 heteroatoms. The van der Waals surface area contributed by atoms with Crippen LogP contribution in [0.2, 0.25) is 0 Å². The third kappa shape index (κ3) is 2.83.